The molecule has 4 rings (SSSR count). The van der Waals surface area contributed by atoms with Crippen molar-refractivity contribution in [3.8, 4) is 17.1 Å². The molecule has 0 radical (unpaired) electrons. The molecule has 31 heavy (non-hydrogen) atoms. The van der Waals surface area contributed by atoms with Gasteiger partial charge in [-0.3, -0.25) is 9.36 Å². The Bertz CT molecular complexity index is 1170. The van der Waals surface area contributed by atoms with Crippen molar-refractivity contribution < 1.29 is 9.21 Å². The van der Waals surface area contributed by atoms with Crippen molar-refractivity contribution >= 4 is 29.3 Å². The third-order valence-corrected chi connectivity index (χ3v) is 6.06. The highest BCUT2D eigenvalue weighted by Crippen LogP contribution is 2.31. The van der Waals surface area contributed by atoms with Crippen LogP contribution in [0.5, 0.6) is 0 Å². The van der Waals surface area contributed by atoms with Crippen molar-refractivity contribution in [1.82, 2.24) is 20.1 Å². The molecule has 2 heterocycles. The van der Waals surface area contributed by atoms with Crippen molar-refractivity contribution in [2.75, 3.05) is 0 Å². The van der Waals surface area contributed by atoms with Gasteiger partial charge in [0.15, 0.2) is 11.0 Å². The monoisotopic (exact) mass is 452 g/mol. The van der Waals surface area contributed by atoms with Crippen molar-refractivity contribution in [1.29, 1.82) is 0 Å². The molecule has 2 aromatic carbocycles. The van der Waals surface area contributed by atoms with Crippen LogP contribution in [0.1, 0.15) is 18.2 Å². The zero-order valence-corrected chi connectivity index (χ0v) is 18.7. The molecule has 1 amide bonds. The molecule has 1 N–H and O–H groups in total. The molecule has 0 fully saturated rings. The molecule has 0 saturated carbocycles. The first-order chi connectivity index (χ1) is 15.0. The molecule has 2 aromatic heterocycles. The van der Waals surface area contributed by atoms with Gasteiger partial charge in [-0.05, 0) is 61.9 Å². The zero-order valence-electron chi connectivity index (χ0n) is 17.1. The molecule has 1 unspecified atom stereocenters. The maximum absolute atomic E-state index is 12.6. The molecule has 4 aromatic rings. The summed E-state index contributed by atoms with van der Waals surface area (Å²) in [5.74, 6) is 1.30. The Kier molecular flexibility index (Phi) is 6.44. The molecule has 0 aliphatic rings. The smallest absolute Gasteiger partial charge is 0.233 e. The molecule has 6 nitrogen and oxygen atoms in total. The summed E-state index contributed by atoms with van der Waals surface area (Å²) < 4.78 is 7.26. The minimum absolute atomic E-state index is 0.103. The van der Waals surface area contributed by atoms with Crippen molar-refractivity contribution in [2.45, 2.75) is 30.8 Å². The molecule has 8 heteroatoms. The van der Waals surface area contributed by atoms with Crippen molar-refractivity contribution in [3.63, 3.8) is 0 Å². The lowest BCUT2D eigenvalue weighted by Crippen LogP contribution is -2.30. The Morgan fingerprint density at radius 2 is 1.90 bits per heavy atom. The summed E-state index contributed by atoms with van der Waals surface area (Å²) in [5.41, 5.74) is 2.93. The lowest BCUT2D eigenvalue weighted by molar-refractivity contribution is -0.120. The van der Waals surface area contributed by atoms with Gasteiger partial charge in [-0.25, -0.2) is 0 Å². The van der Waals surface area contributed by atoms with E-state index in [1.54, 1.807) is 12.3 Å². The van der Waals surface area contributed by atoms with Gasteiger partial charge in [0.2, 0.25) is 5.91 Å². The van der Waals surface area contributed by atoms with E-state index in [2.05, 4.69) is 15.5 Å². The Morgan fingerprint density at radius 1 is 1.13 bits per heavy atom. The number of aromatic nitrogens is 3. The second-order valence-corrected chi connectivity index (χ2v) is 8.74. The predicted molar refractivity (Wildman–Crippen MR) is 122 cm³/mol. The van der Waals surface area contributed by atoms with Crippen LogP contribution in [0.15, 0.2) is 76.5 Å². The van der Waals surface area contributed by atoms with E-state index in [4.69, 9.17) is 16.0 Å². The summed E-state index contributed by atoms with van der Waals surface area (Å²) in [7, 11) is 0. The fourth-order valence-electron chi connectivity index (χ4n) is 3.11. The largest absolute Gasteiger partial charge is 0.467 e. The fourth-order valence-corrected chi connectivity index (χ4v) is 4.12. The van der Waals surface area contributed by atoms with E-state index in [0.29, 0.717) is 28.3 Å². The molecule has 1 atom stereocenters. The topological polar surface area (TPSA) is 73.0 Å². The number of amides is 1. The van der Waals surface area contributed by atoms with Gasteiger partial charge in [-0.1, -0.05) is 41.6 Å². The summed E-state index contributed by atoms with van der Waals surface area (Å²) in [6.45, 7) is 4.23. The second kappa shape index (κ2) is 9.41. The number of aryl methyl sites for hydroxylation is 1. The molecule has 158 valence electrons. The molecule has 0 bridgehead atoms. The average Bonchev–Trinajstić information content (AvgIpc) is 3.43. The van der Waals surface area contributed by atoms with Gasteiger partial charge in [-0.15, -0.1) is 10.2 Å². The summed E-state index contributed by atoms with van der Waals surface area (Å²) in [6.07, 6.45) is 1.59. The third kappa shape index (κ3) is 4.84. The van der Waals surface area contributed by atoms with Gasteiger partial charge in [0.05, 0.1) is 23.7 Å². The van der Waals surface area contributed by atoms with E-state index < -0.39 is 0 Å². The number of carbonyl (C=O) groups is 1. The number of nitrogens with one attached hydrogen (secondary N) is 1. The zero-order chi connectivity index (χ0) is 21.8. The van der Waals surface area contributed by atoms with E-state index in [1.165, 1.54) is 11.8 Å². The van der Waals surface area contributed by atoms with Crippen LogP contribution in [-0.2, 0) is 11.3 Å². The van der Waals surface area contributed by atoms with Gasteiger partial charge in [-0.2, -0.15) is 0 Å². The molecular weight excluding hydrogens is 432 g/mol. The highest BCUT2D eigenvalue weighted by atomic mass is 35.5. The van der Waals surface area contributed by atoms with Crippen LogP contribution in [0.3, 0.4) is 0 Å². The first-order valence-corrected chi connectivity index (χ1v) is 11.0. The average molecular weight is 453 g/mol. The van der Waals surface area contributed by atoms with Crippen LogP contribution in [0.25, 0.3) is 17.1 Å². The van der Waals surface area contributed by atoms with E-state index in [0.717, 1.165) is 16.8 Å². The SMILES string of the molecule is Cc1ccccc1-n1c(SC(C)C(=O)NCc2ccco2)nnc1-c1ccc(Cl)cc1. The van der Waals surface area contributed by atoms with Gasteiger partial charge in [0.25, 0.3) is 0 Å². The van der Waals surface area contributed by atoms with E-state index >= 15 is 0 Å². The predicted octanol–water partition coefficient (Wildman–Crippen LogP) is 5.29. The Labute approximate surface area is 189 Å². The summed E-state index contributed by atoms with van der Waals surface area (Å²) in [4.78, 5) is 12.6. The van der Waals surface area contributed by atoms with Gasteiger partial charge in [0.1, 0.15) is 5.76 Å². The van der Waals surface area contributed by atoms with Crippen LogP contribution in [0.4, 0.5) is 0 Å². The molecule has 0 aliphatic carbocycles. The summed E-state index contributed by atoms with van der Waals surface area (Å²) in [6, 6.07) is 19.1. The van der Waals surface area contributed by atoms with Crippen molar-refractivity contribution in [3.05, 3.63) is 83.3 Å². The second-order valence-electron chi connectivity index (χ2n) is 6.99. The van der Waals surface area contributed by atoms with Crippen LogP contribution in [0, 0.1) is 6.92 Å². The molecular formula is C23H21ClN4O2S. The standard InChI is InChI=1S/C23H21ClN4O2S/c1-15-6-3-4-8-20(15)28-21(17-9-11-18(24)12-10-17)26-27-23(28)31-16(2)22(29)25-14-19-7-5-13-30-19/h3-13,16H,14H2,1-2H3,(H,25,29). The lowest BCUT2D eigenvalue weighted by atomic mass is 10.1. The number of thioether (sulfide) groups is 1. The molecule has 0 aliphatic heterocycles. The van der Waals surface area contributed by atoms with E-state index in [9.17, 15) is 4.79 Å². The highest BCUT2D eigenvalue weighted by molar-refractivity contribution is 8.00. The maximum atomic E-state index is 12.6. The first kappa shape index (κ1) is 21.2. The maximum Gasteiger partial charge on any atom is 0.233 e. The number of furan rings is 1. The molecule has 0 saturated heterocycles. The number of rotatable bonds is 7. The Morgan fingerprint density at radius 3 is 2.61 bits per heavy atom. The number of nitrogens with zero attached hydrogens (tertiary/aromatic N) is 3. The summed E-state index contributed by atoms with van der Waals surface area (Å²) >= 11 is 7.42. The number of para-hydroxylation sites is 1. The first-order valence-electron chi connectivity index (χ1n) is 9.77. The van der Waals surface area contributed by atoms with Gasteiger partial charge in [0, 0.05) is 10.6 Å². The van der Waals surface area contributed by atoms with E-state index in [1.807, 2.05) is 73.0 Å². The van der Waals surface area contributed by atoms with E-state index in [-0.39, 0.29) is 11.2 Å². The van der Waals surface area contributed by atoms with Crippen LogP contribution >= 0.6 is 23.4 Å². The Hall–Kier alpha value is -3.03. The fraction of sp³-hybridized carbons (Fsp3) is 0.174. The minimum Gasteiger partial charge on any atom is -0.467 e. The number of benzene rings is 2. The van der Waals surface area contributed by atoms with Gasteiger partial charge < -0.3 is 9.73 Å². The number of halogens is 1. The Balaban J connectivity index is 1.63. The quantitative estimate of drug-likeness (QED) is 0.386. The normalized spacial score (nSPS) is 12.0. The number of hydrogen-bond acceptors (Lipinski definition) is 5. The van der Waals surface area contributed by atoms with Crippen LogP contribution < -0.4 is 5.32 Å². The third-order valence-electron chi connectivity index (χ3n) is 4.76. The summed E-state index contributed by atoms with van der Waals surface area (Å²) in [5, 5.41) is 12.7. The minimum atomic E-state index is -0.375. The lowest BCUT2D eigenvalue weighted by Gasteiger charge is -2.15. The number of hydrogen-bond donors (Lipinski definition) is 1. The van der Waals surface area contributed by atoms with Crippen molar-refractivity contribution in [2.24, 2.45) is 0 Å². The highest BCUT2D eigenvalue weighted by Gasteiger charge is 2.22. The van der Waals surface area contributed by atoms with Crippen LogP contribution in [0.2, 0.25) is 5.02 Å². The van der Waals surface area contributed by atoms with Crippen LogP contribution in [-0.4, -0.2) is 25.9 Å². The number of carbonyl (C=O) groups excluding carboxylic acids is 1. The molecule has 0 spiro atoms. The van der Waals surface area contributed by atoms with Gasteiger partial charge >= 0.3 is 0 Å².